The van der Waals surface area contributed by atoms with Gasteiger partial charge in [-0.2, -0.15) is 0 Å². The second kappa shape index (κ2) is 8.56. The third kappa shape index (κ3) is 6.10. The van der Waals surface area contributed by atoms with Crippen molar-refractivity contribution in [2.75, 3.05) is 18.4 Å². The third-order valence-corrected chi connectivity index (χ3v) is 1.67. The summed E-state index contributed by atoms with van der Waals surface area (Å²) < 4.78 is 0.843. The minimum Gasteiger partial charge on any atom is -0.383 e. The van der Waals surface area contributed by atoms with Gasteiger partial charge in [0.2, 0.25) is 0 Å². The molecule has 0 aliphatic rings. The standard InChI is InChI=1S/C7H10BrN3.2ClH/c8-7-2-1-6(5-11-7)10-4-3-9;;/h1-2,5,10H,3-4,9H2;2*1H. The van der Waals surface area contributed by atoms with E-state index in [1.807, 2.05) is 12.1 Å². The van der Waals surface area contributed by atoms with Crippen molar-refractivity contribution in [3.8, 4) is 0 Å². The van der Waals surface area contributed by atoms with Gasteiger partial charge in [-0.15, -0.1) is 24.8 Å². The van der Waals surface area contributed by atoms with Crippen molar-refractivity contribution >= 4 is 46.4 Å². The number of anilines is 1. The molecule has 76 valence electrons. The second-order valence-electron chi connectivity index (χ2n) is 2.09. The van der Waals surface area contributed by atoms with Crippen LogP contribution < -0.4 is 11.1 Å². The van der Waals surface area contributed by atoms with Crippen molar-refractivity contribution in [2.24, 2.45) is 5.73 Å². The number of rotatable bonds is 3. The largest absolute Gasteiger partial charge is 0.383 e. The van der Waals surface area contributed by atoms with E-state index in [0.29, 0.717) is 6.54 Å². The number of hydrogen-bond donors (Lipinski definition) is 2. The fourth-order valence-electron chi connectivity index (χ4n) is 0.697. The molecule has 0 saturated heterocycles. The van der Waals surface area contributed by atoms with E-state index in [1.54, 1.807) is 6.20 Å². The first-order valence-corrected chi connectivity index (χ1v) is 4.17. The van der Waals surface area contributed by atoms with E-state index in [4.69, 9.17) is 5.73 Å². The molecule has 6 heteroatoms. The van der Waals surface area contributed by atoms with Gasteiger partial charge in [0.05, 0.1) is 11.9 Å². The Labute approximate surface area is 98.4 Å². The van der Waals surface area contributed by atoms with Gasteiger partial charge in [-0.3, -0.25) is 0 Å². The molecule has 0 bridgehead atoms. The zero-order chi connectivity index (χ0) is 8.10. The zero-order valence-corrected chi connectivity index (χ0v) is 10.1. The SMILES string of the molecule is Cl.Cl.NCCNc1ccc(Br)nc1. The quantitative estimate of drug-likeness (QED) is 0.837. The fourth-order valence-corrected chi connectivity index (χ4v) is 0.931. The predicted molar refractivity (Wildman–Crippen MR) is 64.0 cm³/mol. The van der Waals surface area contributed by atoms with Crippen LogP contribution in [0.1, 0.15) is 0 Å². The summed E-state index contributed by atoms with van der Waals surface area (Å²) in [6, 6.07) is 3.84. The molecule has 3 nitrogen and oxygen atoms in total. The first-order chi connectivity index (χ1) is 5.33. The van der Waals surface area contributed by atoms with Gasteiger partial charge in [-0.25, -0.2) is 4.98 Å². The molecule has 0 aromatic carbocycles. The van der Waals surface area contributed by atoms with Gasteiger partial charge in [0, 0.05) is 13.1 Å². The maximum absolute atomic E-state index is 5.31. The lowest BCUT2D eigenvalue weighted by Crippen LogP contribution is -2.12. The van der Waals surface area contributed by atoms with Crippen LogP contribution in [0.2, 0.25) is 0 Å². The van der Waals surface area contributed by atoms with Crippen molar-refractivity contribution in [1.29, 1.82) is 0 Å². The van der Waals surface area contributed by atoms with Crippen molar-refractivity contribution in [2.45, 2.75) is 0 Å². The smallest absolute Gasteiger partial charge is 0.106 e. The third-order valence-electron chi connectivity index (χ3n) is 1.20. The van der Waals surface area contributed by atoms with Gasteiger partial charge in [0.1, 0.15) is 4.60 Å². The monoisotopic (exact) mass is 287 g/mol. The van der Waals surface area contributed by atoms with Gasteiger partial charge >= 0.3 is 0 Å². The first-order valence-electron chi connectivity index (χ1n) is 3.38. The van der Waals surface area contributed by atoms with E-state index >= 15 is 0 Å². The molecule has 0 spiro atoms. The number of halogens is 3. The average molecular weight is 289 g/mol. The van der Waals surface area contributed by atoms with Crippen molar-refractivity contribution in [3.63, 3.8) is 0 Å². The lowest BCUT2D eigenvalue weighted by molar-refractivity contribution is 1.02. The van der Waals surface area contributed by atoms with Crippen molar-refractivity contribution in [3.05, 3.63) is 22.9 Å². The molecule has 0 fully saturated rings. The molecule has 1 aromatic rings. The normalized spacial score (nSPS) is 8.15. The average Bonchev–Trinajstić information content (AvgIpc) is 2.04. The van der Waals surface area contributed by atoms with Crippen molar-refractivity contribution < 1.29 is 0 Å². The Bertz CT molecular complexity index is 217. The second-order valence-corrected chi connectivity index (χ2v) is 2.90. The zero-order valence-electron chi connectivity index (χ0n) is 6.87. The van der Waals surface area contributed by atoms with E-state index in [1.165, 1.54) is 0 Å². The van der Waals surface area contributed by atoms with E-state index in [-0.39, 0.29) is 24.8 Å². The van der Waals surface area contributed by atoms with E-state index in [2.05, 4.69) is 26.2 Å². The minimum absolute atomic E-state index is 0. The molecule has 0 amide bonds. The summed E-state index contributed by atoms with van der Waals surface area (Å²) in [6.07, 6.45) is 1.76. The molecule has 13 heavy (non-hydrogen) atoms. The van der Waals surface area contributed by atoms with Crippen LogP contribution in [0.5, 0.6) is 0 Å². The van der Waals surface area contributed by atoms with Crippen LogP contribution in [0, 0.1) is 0 Å². The Kier molecular flexibility index (Phi) is 10.2. The molecule has 0 unspecified atom stereocenters. The molecule has 0 saturated carbocycles. The summed E-state index contributed by atoms with van der Waals surface area (Å²) in [4.78, 5) is 4.05. The highest BCUT2D eigenvalue weighted by Gasteiger charge is 1.89. The predicted octanol–water partition coefficient (Wildman–Crippen LogP) is 2.06. The van der Waals surface area contributed by atoms with E-state index in [0.717, 1.165) is 16.8 Å². The Morgan fingerprint density at radius 3 is 2.54 bits per heavy atom. The molecular formula is C7H12BrCl2N3. The maximum atomic E-state index is 5.31. The molecule has 1 aromatic heterocycles. The van der Waals surface area contributed by atoms with E-state index < -0.39 is 0 Å². The highest BCUT2D eigenvalue weighted by atomic mass is 79.9. The van der Waals surface area contributed by atoms with Gasteiger partial charge in [-0.05, 0) is 28.1 Å². The van der Waals surface area contributed by atoms with E-state index in [9.17, 15) is 0 Å². The van der Waals surface area contributed by atoms with Crippen LogP contribution in [0.25, 0.3) is 0 Å². The van der Waals surface area contributed by atoms with Gasteiger partial charge in [0.25, 0.3) is 0 Å². The molecule has 0 aliphatic carbocycles. The van der Waals surface area contributed by atoms with Gasteiger partial charge in [-0.1, -0.05) is 0 Å². The summed E-state index contributed by atoms with van der Waals surface area (Å²) in [5, 5.41) is 3.11. The number of nitrogens with zero attached hydrogens (tertiary/aromatic N) is 1. The first kappa shape index (κ1) is 15.4. The van der Waals surface area contributed by atoms with Crippen LogP contribution >= 0.6 is 40.7 Å². The fraction of sp³-hybridized carbons (Fsp3) is 0.286. The number of aromatic nitrogens is 1. The van der Waals surface area contributed by atoms with Gasteiger partial charge < -0.3 is 11.1 Å². The van der Waals surface area contributed by atoms with Gasteiger partial charge in [0.15, 0.2) is 0 Å². The number of nitrogens with two attached hydrogens (primary N) is 1. The van der Waals surface area contributed by atoms with Crippen molar-refractivity contribution in [1.82, 2.24) is 4.98 Å². The van der Waals surface area contributed by atoms with Crippen LogP contribution in [0.3, 0.4) is 0 Å². The summed E-state index contributed by atoms with van der Waals surface area (Å²) in [5.74, 6) is 0. The van der Waals surface area contributed by atoms with Crippen LogP contribution in [0.4, 0.5) is 5.69 Å². The summed E-state index contributed by atoms with van der Waals surface area (Å²) >= 11 is 3.25. The Morgan fingerprint density at radius 1 is 1.38 bits per heavy atom. The topological polar surface area (TPSA) is 50.9 Å². The highest BCUT2D eigenvalue weighted by Crippen LogP contribution is 2.09. The molecule has 0 aliphatic heterocycles. The summed E-state index contributed by atoms with van der Waals surface area (Å²) in [6.45, 7) is 1.42. The number of pyridine rings is 1. The number of hydrogen-bond acceptors (Lipinski definition) is 3. The highest BCUT2D eigenvalue weighted by molar-refractivity contribution is 9.10. The molecule has 0 atom stereocenters. The number of nitrogens with one attached hydrogen (secondary N) is 1. The summed E-state index contributed by atoms with van der Waals surface area (Å²) in [7, 11) is 0. The lowest BCUT2D eigenvalue weighted by atomic mass is 10.4. The molecular weight excluding hydrogens is 277 g/mol. The molecule has 1 rings (SSSR count). The van der Waals surface area contributed by atoms with Crippen LogP contribution in [0.15, 0.2) is 22.9 Å². The van der Waals surface area contributed by atoms with Crippen LogP contribution in [-0.4, -0.2) is 18.1 Å². The maximum Gasteiger partial charge on any atom is 0.106 e. The molecule has 0 radical (unpaired) electrons. The Balaban J connectivity index is 0. The molecule has 3 N–H and O–H groups in total. The minimum atomic E-state index is 0. The molecule has 1 heterocycles. The summed E-state index contributed by atoms with van der Waals surface area (Å²) in [5.41, 5.74) is 6.31. The van der Waals surface area contributed by atoms with Crippen LogP contribution in [-0.2, 0) is 0 Å². The Hall–Kier alpha value is -0.0300. The lowest BCUT2D eigenvalue weighted by Gasteiger charge is -2.02. The Morgan fingerprint density at radius 2 is 2.08 bits per heavy atom.